The number of benzene rings is 1. The Morgan fingerprint density at radius 2 is 2.10 bits per heavy atom. The minimum Gasteiger partial charge on any atom is -0.481 e. The molecule has 2 rings (SSSR count). The number of nitriles is 1. The van der Waals surface area contributed by atoms with E-state index in [0.29, 0.717) is 18.7 Å². The van der Waals surface area contributed by atoms with Crippen LogP contribution in [0.3, 0.4) is 0 Å². The number of carbonyl (C=O) groups is 2. The molecule has 2 N–H and O–H groups in total. The zero-order chi connectivity index (χ0) is 15.2. The maximum Gasteiger partial charge on any atom is 0.317 e. The summed E-state index contributed by atoms with van der Waals surface area (Å²) in [4.78, 5) is 24.5. The number of nitrogens with one attached hydrogen (secondary N) is 1. The van der Waals surface area contributed by atoms with Crippen molar-refractivity contribution < 1.29 is 14.7 Å². The molecule has 1 heterocycles. The van der Waals surface area contributed by atoms with Crippen LogP contribution in [0.5, 0.6) is 0 Å². The van der Waals surface area contributed by atoms with Crippen LogP contribution in [0.1, 0.15) is 30.4 Å². The molecular formula is C15H17N3O3. The molecule has 0 bridgehead atoms. The summed E-state index contributed by atoms with van der Waals surface area (Å²) in [6.07, 6.45) is 1.56. The Kier molecular flexibility index (Phi) is 4.77. The van der Waals surface area contributed by atoms with Crippen molar-refractivity contribution in [3.63, 3.8) is 0 Å². The first kappa shape index (κ1) is 14.9. The number of carbonyl (C=O) groups excluding carboxylic acids is 1. The molecule has 1 aromatic rings. The van der Waals surface area contributed by atoms with Gasteiger partial charge in [0.25, 0.3) is 0 Å². The molecule has 6 nitrogen and oxygen atoms in total. The van der Waals surface area contributed by atoms with Gasteiger partial charge in [0.05, 0.1) is 18.1 Å². The number of carboxylic acid groups (broad SMARTS) is 1. The van der Waals surface area contributed by atoms with Crippen LogP contribution in [0.15, 0.2) is 24.3 Å². The molecule has 0 radical (unpaired) electrons. The van der Waals surface area contributed by atoms with Crippen molar-refractivity contribution >= 4 is 12.0 Å². The Balaban J connectivity index is 1.88. The summed E-state index contributed by atoms with van der Waals surface area (Å²) in [6.45, 7) is 0.956. The van der Waals surface area contributed by atoms with Crippen LogP contribution in [0.25, 0.3) is 0 Å². The van der Waals surface area contributed by atoms with Crippen molar-refractivity contribution in [3.8, 4) is 6.07 Å². The van der Waals surface area contributed by atoms with E-state index in [4.69, 9.17) is 10.4 Å². The summed E-state index contributed by atoms with van der Waals surface area (Å²) in [5, 5.41) is 20.4. The van der Waals surface area contributed by atoms with Gasteiger partial charge >= 0.3 is 12.0 Å². The van der Waals surface area contributed by atoms with Crippen molar-refractivity contribution in [2.75, 3.05) is 6.54 Å². The van der Waals surface area contributed by atoms with Crippen molar-refractivity contribution in [3.05, 3.63) is 35.4 Å². The second-order valence-electron chi connectivity index (χ2n) is 5.05. The van der Waals surface area contributed by atoms with Crippen LogP contribution in [0, 0.1) is 11.3 Å². The zero-order valence-corrected chi connectivity index (χ0v) is 11.6. The van der Waals surface area contributed by atoms with Crippen LogP contribution in [-0.4, -0.2) is 34.6 Å². The average Bonchev–Trinajstić information content (AvgIpc) is 2.92. The summed E-state index contributed by atoms with van der Waals surface area (Å²) in [5.41, 5.74) is 1.47. The predicted octanol–water partition coefficient (Wildman–Crippen LogP) is 1.71. The van der Waals surface area contributed by atoms with Crippen molar-refractivity contribution in [2.45, 2.75) is 31.8 Å². The van der Waals surface area contributed by atoms with Gasteiger partial charge in [-0.1, -0.05) is 12.1 Å². The fraction of sp³-hybridized carbons (Fsp3) is 0.400. The van der Waals surface area contributed by atoms with E-state index in [2.05, 4.69) is 5.32 Å². The van der Waals surface area contributed by atoms with Gasteiger partial charge in [-0.2, -0.15) is 5.26 Å². The van der Waals surface area contributed by atoms with Gasteiger partial charge in [0, 0.05) is 19.1 Å². The second-order valence-corrected chi connectivity index (χ2v) is 5.05. The maximum absolute atomic E-state index is 12.1. The smallest absolute Gasteiger partial charge is 0.317 e. The lowest BCUT2D eigenvalue weighted by atomic mass is 10.1. The summed E-state index contributed by atoms with van der Waals surface area (Å²) in [7, 11) is 0. The molecule has 1 fully saturated rings. The molecule has 21 heavy (non-hydrogen) atoms. The third kappa shape index (κ3) is 3.96. The number of carboxylic acids is 1. The van der Waals surface area contributed by atoms with Crippen molar-refractivity contribution in [1.29, 1.82) is 5.26 Å². The van der Waals surface area contributed by atoms with E-state index in [-0.39, 0.29) is 18.5 Å². The summed E-state index contributed by atoms with van der Waals surface area (Å²) in [5.74, 6) is -0.883. The molecule has 1 aliphatic rings. The Bertz CT molecular complexity index is 563. The van der Waals surface area contributed by atoms with Crippen molar-refractivity contribution in [1.82, 2.24) is 10.2 Å². The number of hydrogen-bond donors (Lipinski definition) is 2. The summed E-state index contributed by atoms with van der Waals surface area (Å²) in [6, 6.07) is 8.56. The van der Waals surface area contributed by atoms with Gasteiger partial charge in [0.1, 0.15) is 0 Å². The number of nitrogens with zero attached hydrogens (tertiary/aromatic N) is 2. The molecule has 6 heteroatoms. The summed E-state index contributed by atoms with van der Waals surface area (Å²) >= 11 is 0. The van der Waals surface area contributed by atoms with E-state index < -0.39 is 5.97 Å². The molecular weight excluding hydrogens is 270 g/mol. The highest BCUT2D eigenvalue weighted by Gasteiger charge is 2.30. The molecule has 1 saturated heterocycles. The number of aliphatic carboxylic acids is 1. The first-order valence-electron chi connectivity index (χ1n) is 6.85. The zero-order valence-electron chi connectivity index (χ0n) is 11.6. The van der Waals surface area contributed by atoms with E-state index in [1.165, 1.54) is 0 Å². The first-order chi connectivity index (χ1) is 10.1. The molecule has 2 amide bonds. The molecule has 1 atom stereocenters. The number of likely N-dealkylation sites (tertiary alicyclic amines) is 1. The van der Waals surface area contributed by atoms with E-state index in [0.717, 1.165) is 18.4 Å². The Morgan fingerprint density at radius 1 is 1.38 bits per heavy atom. The number of rotatable bonds is 4. The fourth-order valence-electron chi connectivity index (χ4n) is 2.49. The lowest BCUT2D eigenvalue weighted by Crippen LogP contribution is -2.43. The molecule has 1 aromatic carbocycles. The molecule has 110 valence electrons. The number of hydrogen-bond acceptors (Lipinski definition) is 3. The molecule has 1 unspecified atom stereocenters. The molecule has 0 saturated carbocycles. The van der Waals surface area contributed by atoms with E-state index in [9.17, 15) is 9.59 Å². The topological polar surface area (TPSA) is 93.4 Å². The first-order valence-corrected chi connectivity index (χ1v) is 6.85. The van der Waals surface area contributed by atoms with Gasteiger partial charge in [-0.05, 0) is 30.5 Å². The Labute approximate surface area is 123 Å². The van der Waals surface area contributed by atoms with E-state index >= 15 is 0 Å². The third-order valence-corrected chi connectivity index (χ3v) is 3.58. The second kappa shape index (κ2) is 6.75. The minimum atomic E-state index is -0.883. The standard InChI is InChI=1S/C15H17N3O3/c16-9-11-3-5-12(6-4-11)10-17-15(21)18-7-1-2-13(18)8-14(19)20/h3-6,13H,1-2,7-8,10H2,(H,17,21)(H,19,20). The normalized spacial score (nSPS) is 17.3. The highest BCUT2D eigenvalue weighted by atomic mass is 16.4. The maximum atomic E-state index is 12.1. The van der Waals surface area contributed by atoms with E-state index in [1.807, 2.05) is 6.07 Å². The van der Waals surface area contributed by atoms with E-state index in [1.54, 1.807) is 29.2 Å². The SMILES string of the molecule is N#Cc1ccc(CNC(=O)N2CCCC2CC(=O)O)cc1. The number of amides is 2. The van der Waals surface area contributed by atoms with Gasteiger partial charge in [0.2, 0.25) is 0 Å². The Morgan fingerprint density at radius 3 is 2.71 bits per heavy atom. The molecule has 0 aliphatic carbocycles. The molecule has 0 spiro atoms. The summed E-state index contributed by atoms with van der Waals surface area (Å²) < 4.78 is 0. The predicted molar refractivity (Wildman–Crippen MR) is 75.4 cm³/mol. The largest absolute Gasteiger partial charge is 0.481 e. The highest BCUT2D eigenvalue weighted by Crippen LogP contribution is 2.20. The third-order valence-electron chi connectivity index (χ3n) is 3.58. The minimum absolute atomic E-state index is 0.00964. The van der Waals surface area contributed by atoms with Gasteiger partial charge < -0.3 is 15.3 Å². The number of urea groups is 1. The lowest BCUT2D eigenvalue weighted by Gasteiger charge is -2.23. The monoisotopic (exact) mass is 287 g/mol. The van der Waals surface area contributed by atoms with Crippen LogP contribution in [0.2, 0.25) is 0 Å². The Hall–Kier alpha value is -2.55. The fourth-order valence-corrected chi connectivity index (χ4v) is 2.49. The average molecular weight is 287 g/mol. The molecule has 0 aromatic heterocycles. The van der Waals surface area contributed by atoms with Gasteiger partial charge in [0.15, 0.2) is 0 Å². The highest BCUT2D eigenvalue weighted by molar-refractivity contribution is 5.76. The van der Waals surface area contributed by atoms with Gasteiger partial charge in [-0.25, -0.2) is 4.79 Å². The van der Waals surface area contributed by atoms with Gasteiger partial charge in [-0.15, -0.1) is 0 Å². The van der Waals surface area contributed by atoms with Crippen LogP contribution >= 0.6 is 0 Å². The quantitative estimate of drug-likeness (QED) is 0.881. The van der Waals surface area contributed by atoms with Crippen LogP contribution in [-0.2, 0) is 11.3 Å². The van der Waals surface area contributed by atoms with Crippen molar-refractivity contribution in [2.24, 2.45) is 0 Å². The van der Waals surface area contributed by atoms with Crippen LogP contribution in [0.4, 0.5) is 4.79 Å². The molecule has 1 aliphatic heterocycles. The van der Waals surface area contributed by atoms with Gasteiger partial charge in [-0.3, -0.25) is 4.79 Å². The van der Waals surface area contributed by atoms with Crippen LogP contribution < -0.4 is 5.32 Å². The lowest BCUT2D eigenvalue weighted by molar-refractivity contribution is -0.137.